The van der Waals surface area contributed by atoms with Gasteiger partial charge in [-0.3, -0.25) is 4.44 Å². The van der Waals surface area contributed by atoms with Crippen molar-refractivity contribution >= 4 is 42.9 Å². The Bertz CT molecular complexity index is 1540. The summed E-state index contributed by atoms with van der Waals surface area (Å²) in [4.78, 5) is 0. The zero-order chi connectivity index (χ0) is 36.0. The van der Waals surface area contributed by atoms with Crippen LogP contribution in [0.3, 0.4) is 0 Å². The van der Waals surface area contributed by atoms with Gasteiger partial charge in [-0.1, -0.05) is 149 Å². The van der Waals surface area contributed by atoms with Gasteiger partial charge < -0.3 is 0 Å². The SMILES string of the molecule is C[C@@H]1CC[C@@H](C)P1N(C)N(CCCCN(P(c1ccccc1)c1ccccc1)P1[C@H](c2ccccc2)CC[C@H]1c1ccccc1)P1[C@H](C)CC[C@H]1C. The highest BCUT2D eigenvalue weighted by Crippen LogP contribution is 2.76. The maximum absolute atomic E-state index is 3.11. The molecule has 3 saturated heterocycles. The van der Waals surface area contributed by atoms with E-state index in [2.05, 4.69) is 170 Å². The van der Waals surface area contributed by atoms with Gasteiger partial charge in [0.1, 0.15) is 0 Å². The predicted octanol–water partition coefficient (Wildman–Crippen LogP) is 12.9. The van der Waals surface area contributed by atoms with Gasteiger partial charge >= 0.3 is 0 Å². The lowest BCUT2D eigenvalue weighted by Gasteiger charge is -2.46. The van der Waals surface area contributed by atoms with E-state index in [9.17, 15) is 0 Å². The summed E-state index contributed by atoms with van der Waals surface area (Å²) < 4.78 is 8.96. The van der Waals surface area contributed by atoms with Gasteiger partial charge in [-0.05, 0) is 120 Å². The highest BCUT2D eigenvalue weighted by molar-refractivity contribution is 7.79. The summed E-state index contributed by atoms with van der Waals surface area (Å²) in [6.45, 7) is 12.6. The molecule has 276 valence electrons. The van der Waals surface area contributed by atoms with Crippen molar-refractivity contribution in [1.29, 1.82) is 0 Å². The highest BCUT2D eigenvalue weighted by atomic mass is 31.2. The van der Waals surface area contributed by atoms with Crippen molar-refractivity contribution in [3.8, 4) is 0 Å². The summed E-state index contributed by atoms with van der Waals surface area (Å²) >= 11 is 0. The molecule has 3 aliphatic rings. The van der Waals surface area contributed by atoms with E-state index in [1.54, 1.807) is 0 Å². The van der Waals surface area contributed by atoms with Crippen molar-refractivity contribution in [2.75, 3.05) is 20.1 Å². The molecule has 0 aliphatic carbocycles. The molecule has 3 nitrogen and oxygen atoms in total. The number of hydrazine groups is 1. The molecular formula is C45H61N3P4. The molecule has 0 bridgehead atoms. The maximum Gasteiger partial charge on any atom is 0.0318 e. The summed E-state index contributed by atoms with van der Waals surface area (Å²) in [6, 6.07) is 46.3. The molecule has 3 heterocycles. The van der Waals surface area contributed by atoms with Gasteiger partial charge in [-0.25, -0.2) is 9.56 Å². The smallest absolute Gasteiger partial charge is 0.0318 e. The van der Waals surface area contributed by atoms with Crippen molar-refractivity contribution in [3.05, 3.63) is 132 Å². The summed E-state index contributed by atoms with van der Waals surface area (Å²) in [7, 11) is 1.000. The van der Waals surface area contributed by atoms with Crippen LogP contribution in [0.5, 0.6) is 0 Å². The summed E-state index contributed by atoms with van der Waals surface area (Å²) in [6.07, 6.45) is 10.6. The second-order valence-electron chi connectivity index (χ2n) is 15.5. The van der Waals surface area contributed by atoms with Crippen LogP contribution >= 0.6 is 32.3 Å². The highest BCUT2D eigenvalue weighted by Gasteiger charge is 2.45. The van der Waals surface area contributed by atoms with Crippen molar-refractivity contribution < 1.29 is 0 Å². The van der Waals surface area contributed by atoms with Gasteiger partial charge in [-0.2, -0.15) is 0 Å². The Morgan fingerprint density at radius 2 is 0.865 bits per heavy atom. The zero-order valence-corrected chi connectivity index (χ0v) is 35.8. The van der Waals surface area contributed by atoms with E-state index in [-0.39, 0.29) is 16.1 Å². The quantitative estimate of drug-likeness (QED) is 0.0719. The molecule has 7 heteroatoms. The Morgan fingerprint density at radius 3 is 1.31 bits per heavy atom. The van der Waals surface area contributed by atoms with Crippen molar-refractivity contribution in [3.63, 3.8) is 0 Å². The number of nitrogens with zero attached hydrogens (tertiary/aromatic N) is 3. The van der Waals surface area contributed by atoms with Crippen LogP contribution in [0.4, 0.5) is 0 Å². The molecule has 4 aromatic rings. The van der Waals surface area contributed by atoms with E-state index in [4.69, 9.17) is 0 Å². The molecule has 3 aliphatic heterocycles. The molecular weight excluding hydrogens is 706 g/mol. The lowest BCUT2D eigenvalue weighted by molar-refractivity contribution is 0.208. The van der Waals surface area contributed by atoms with Crippen LogP contribution in [0.1, 0.15) is 102 Å². The Morgan fingerprint density at radius 1 is 0.481 bits per heavy atom. The van der Waals surface area contributed by atoms with Crippen LogP contribution in [-0.2, 0) is 0 Å². The molecule has 0 spiro atoms. The van der Waals surface area contributed by atoms with Gasteiger partial charge in [0.15, 0.2) is 0 Å². The van der Waals surface area contributed by atoms with Crippen LogP contribution in [0.25, 0.3) is 0 Å². The second kappa shape index (κ2) is 18.4. The summed E-state index contributed by atoms with van der Waals surface area (Å²) in [5, 5.41) is 2.98. The van der Waals surface area contributed by atoms with Crippen LogP contribution in [-0.4, -0.2) is 56.8 Å². The van der Waals surface area contributed by atoms with Crippen LogP contribution < -0.4 is 10.6 Å². The Hall–Kier alpha value is -1.52. The molecule has 0 saturated carbocycles. The minimum atomic E-state index is -0.701. The van der Waals surface area contributed by atoms with E-state index in [0.717, 1.165) is 29.2 Å². The minimum Gasteiger partial charge on any atom is -0.251 e. The van der Waals surface area contributed by atoms with E-state index in [1.165, 1.54) is 79.6 Å². The first kappa shape index (κ1) is 38.7. The van der Waals surface area contributed by atoms with Crippen molar-refractivity contribution in [2.45, 2.75) is 113 Å². The topological polar surface area (TPSA) is 9.72 Å². The van der Waals surface area contributed by atoms with Gasteiger partial charge in [0.05, 0.1) is 0 Å². The minimum absolute atomic E-state index is 0.126. The molecule has 0 unspecified atom stereocenters. The lowest BCUT2D eigenvalue weighted by atomic mass is 10.0. The molecule has 0 N–H and O–H groups in total. The molecule has 52 heavy (non-hydrogen) atoms. The first-order valence-electron chi connectivity index (χ1n) is 20.1. The summed E-state index contributed by atoms with van der Waals surface area (Å²) in [5.74, 6) is 0. The molecule has 0 amide bonds. The monoisotopic (exact) mass is 767 g/mol. The van der Waals surface area contributed by atoms with Gasteiger partial charge in [-0.15, -0.1) is 0 Å². The average molecular weight is 768 g/mol. The van der Waals surface area contributed by atoms with E-state index < -0.39 is 16.1 Å². The number of rotatable bonds is 14. The molecule has 0 radical (unpaired) electrons. The predicted molar refractivity (Wildman–Crippen MR) is 234 cm³/mol. The number of unbranched alkanes of at least 4 members (excludes halogenated alkanes) is 1. The molecule has 3 fully saturated rings. The number of hydrogen-bond acceptors (Lipinski definition) is 3. The normalized spacial score (nSPS) is 26.1. The largest absolute Gasteiger partial charge is 0.251 e. The number of benzene rings is 4. The maximum atomic E-state index is 3.11. The third-order valence-electron chi connectivity index (χ3n) is 11.9. The molecule has 6 atom stereocenters. The Balaban J connectivity index is 1.23. The lowest BCUT2D eigenvalue weighted by Crippen LogP contribution is -2.38. The summed E-state index contributed by atoms with van der Waals surface area (Å²) in [5.41, 5.74) is 7.55. The molecule has 4 aromatic carbocycles. The van der Waals surface area contributed by atoms with Gasteiger partial charge in [0.25, 0.3) is 0 Å². The van der Waals surface area contributed by atoms with Crippen molar-refractivity contribution in [1.82, 2.24) is 14.0 Å². The van der Waals surface area contributed by atoms with Crippen LogP contribution in [0.15, 0.2) is 121 Å². The number of hydrogen-bond donors (Lipinski definition) is 0. The fourth-order valence-electron chi connectivity index (χ4n) is 9.40. The third kappa shape index (κ3) is 8.64. The average Bonchev–Trinajstić information content (AvgIpc) is 3.88. The third-order valence-corrected chi connectivity index (χ3v) is 25.1. The van der Waals surface area contributed by atoms with E-state index in [0.29, 0.717) is 11.3 Å². The van der Waals surface area contributed by atoms with E-state index in [1.807, 2.05) is 0 Å². The molecule has 0 aromatic heterocycles. The fourth-order valence-corrected chi connectivity index (χ4v) is 23.9. The van der Waals surface area contributed by atoms with Gasteiger partial charge in [0, 0.05) is 39.5 Å². The van der Waals surface area contributed by atoms with Crippen LogP contribution in [0, 0.1) is 0 Å². The first-order chi connectivity index (χ1) is 25.4. The van der Waals surface area contributed by atoms with Crippen LogP contribution in [0.2, 0.25) is 0 Å². The van der Waals surface area contributed by atoms with Crippen molar-refractivity contribution in [2.24, 2.45) is 0 Å². The molecule has 7 rings (SSSR count). The zero-order valence-electron chi connectivity index (χ0n) is 32.2. The second-order valence-corrected chi connectivity index (χ2v) is 26.5. The Labute approximate surface area is 321 Å². The van der Waals surface area contributed by atoms with E-state index >= 15 is 0 Å². The van der Waals surface area contributed by atoms with Gasteiger partial charge in [0.2, 0.25) is 0 Å². The first-order valence-corrected chi connectivity index (χ1v) is 25.6. The fraction of sp³-hybridized carbons (Fsp3) is 0.467. The standard InChI is InChI=1S/C45H61N3P4/c1-36-28-29-37(2)49(36)46(5)47(50-38(3)30-31-39(50)4)34-18-19-35-48(51(42-24-14-8-15-25-42)43-26-16-9-17-27-43)52-44(40-20-10-6-11-21-40)32-33-45(52)41-22-12-7-13-23-41/h6-17,20-27,36-39,44-45H,18-19,28-35H2,1-5H3/t36-,37-,38-,39-,44+,45+/m1/s1. The Kier molecular flexibility index (Phi) is 13.7.